The second-order valence-corrected chi connectivity index (χ2v) is 7.82. The third kappa shape index (κ3) is 6.64. The quantitative estimate of drug-likeness (QED) is 0.457. The molecule has 2 atom stereocenters. The van der Waals surface area contributed by atoms with Crippen molar-refractivity contribution in [1.82, 2.24) is 10.2 Å². The smallest absolute Gasteiger partial charge is 0.273 e. The Bertz CT molecular complexity index is 929. The third-order valence-corrected chi connectivity index (χ3v) is 5.35. The van der Waals surface area contributed by atoms with Gasteiger partial charge in [0.2, 0.25) is 11.8 Å². The number of carbonyl (C=O) groups excluding carboxylic acids is 2. The Balaban J connectivity index is 2.37. The second kappa shape index (κ2) is 11.2. The molecule has 0 aliphatic carbocycles. The highest BCUT2D eigenvalue weighted by atomic mass is 16.6. The van der Waals surface area contributed by atoms with Crippen LogP contribution in [0.15, 0.2) is 48.5 Å². The molecular weight excluding hydrogens is 394 g/mol. The average Bonchev–Trinajstić information content (AvgIpc) is 2.73. The summed E-state index contributed by atoms with van der Waals surface area (Å²) in [7, 11) is 0. The fourth-order valence-corrected chi connectivity index (χ4v) is 3.47. The maximum atomic E-state index is 13.4. The SMILES string of the molecule is CC[C@H](C)NC(=O)[C@H](CC)N(Cc1cccc(C)c1)C(=O)Cc1ccccc1[N+](=O)[O-]. The van der Waals surface area contributed by atoms with Crippen LogP contribution in [0.1, 0.15) is 50.3 Å². The first-order chi connectivity index (χ1) is 14.8. The molecule has 2 aromatic carbocycles. The molecule has 0 saturated carbocycles. The number of para-hydroxylation sites is 1. The van der Waals surface area contributed by atoms with E-state index in [1.54, 1.807) is 23.1 Å². The zero-order chi connectivity index (χ0) is 23.0. The molecule has 166 valence electrons. The summed E-state index contributed by atoms with van der Waals surface area (Å²) in [5, 5.41) is 14.3. The van der Waals surface area contributed by atoms with Gasteiger partial charge in [-0.05, 0) is 32.3 Å². The van der Waals surface area contributed by atoms with Gasteiger partial charge in [0, 0.05) is 24.2 Å². The number of hydrogen-bond donors (Lipinski definition) is 1. The maximum absolute atomic E-state index is 13.4. The number of nitrogens with zero attached hydrogens (tertiary/aromatic N) is 2. The summed E-state index contributed by atoms with van der Waals surface area (Å²) >= 11 is 0. The van der Waals surface area contributed by atoms with Crippen molar-refractivity contribution in [2.45, 2.75) is 65.6 Å². The van der Waals surface area contributed by atoms with E-state index in [-0.39, 0.29) is 36.5 Å². The van der Waals surface area contributed by atoms with Crippen molar-refractivity contribution in [3.05, 3.63) is 75.3 Å². The first-order valence-corrected chi connectivity index (χ1v) is 10.6. The predicted molar refractivity (Wildman–Crippen MR) is 121 cm³/mol. The molecule has 0 unspecified atom stereocenters. The Morgan fingerprint density at radius 2 is 1.81 bits per heavy atom. The lowest BCUT2D eigenvalue weighted by Gasteiger charge is -2.31. The van der Waals surface area contributed by atoms with Gasteiger partial charge in [-0.25, -0.2) is 0 Å². The van der Waals surface area contributed by atoms with Crippen molar-refractivity contribution >= 4 is 17.5 Å². The van der Waals surface area contributed by atoms with Gasteiger partial charge in [0.05, 0.1) is 11.3 Å². The molecule has 0 heterocycles. The summed E-state index contributed by atoms with van der Waals surface area (Å²) in [4.78, 5) is 38.8. The van der Waals surface area contributed by atoms with Gasteiger partial charge in [0.25, 0.3) is 5.69 Å². The first kappa shape index (κ1) is 24.1. The number of nitro groups is 1. The van der Waals surface area contributed by atoms with Crippen molar-refractivity contribution in [3.8, 4) is 0 Å². The molecule has 0 saturated heterocycles. The van der Waals surface area contributed by atoms with Crippen LogP contribution in [-0.2, 0) is 22.6 Å². The lowest BCUT2D eigenvalue weighted by Crippen LogP contribution is -2.51. The van der Waals surface area contributed by atoms with Crippen LogP contribution in [0.25, 0.3) is 0 Å². The average molecular weight is 426 g/mol. The Morgan fingerprint density at radius 3 is 2.42 bits per heavy atom. The summed E-state index contributed by atoms with van der Waals surface area (Å²) in [5.74, 6) is -0.526. The van der Waals surface area contributed by atoms with Crippen LogP contribution in [0, 0.1) is 17.0 Å². The lowest BCUT2D eigenvalue weighted by atomic mass is 10.0. The minimum absolute atomic E-state index is 0.00678. The van der Waals surface area contributed by atoms with Gasteiger partial charge in [0.15, 0.2) is 0 Å². The highest BCUT2D eigenvalue weighted by molar-refractivity contribution is 5.89. The number of amides is 2. The second-order valence-electron chi connectivity index (χ2n) is 7.82. The van der Waals surface area contributed by atoms with Crippen molar-refractivity contribution < 1.29 is 14.5 Å². The summed E-state index contributed by atoms with van der Waals surface area (Å²) < 4.78 is 0. The van der Waals surface area contributed by atoms with E-state index in [4.69, 9.17) is 0 Å². The number of carbonyl (C=O) groups is 2. The highest BCUT2D eigenvalue weighted by Crippen LogP contribution is 2.21. The van der Waals surface area contributed by atoms with E-state index in [2.05, 4.69) is 5.32 Å². The van der Waals surface area contributed by atoms with E-state index in [1.807, 2.05) is 52.0 Å². The minimum Gasteiger partial charge on any atom is -0.352 e. The molecule has 2 rings (SSSR count). The van der Waals surface area contributed by atoms with Crippen LogP contribution in [0.4, 0.5) is 5.69 Å². The zero-order valence-corrected chi connectivity index (χ0v) is 18.6. The van der Waals surface area contributed by atoms with Gasteiger partial charge in [0.1, 0.15) is 6.04 Å². The van der Waals surface area contributed by atoms with E-state index < -0.39 is 11.0 Å². The van der Waals surface area contributed by atoms with Crippen LogP contribution in [0.2, 0.25) is 0 Å². The van der Waals surface area contributed by atoms with Gasteiger partial charge >= 0.3 is 0 Å². The van der Waals surface area contributed by atoms with Gasteiger partial charge in [-0.1, -0.05) is 61.9 Å². The summed E-state index contributed by atoms with van der Waals surface area (Å²) in [6.07, 6.45) is 1.08. The molecule has 0 aliphatic heterocycles. The number of rotatable bonds is 10. The molecule has 0 aliphatic rings. The lowest BCUT2D eigenvalue weighted by molar-refractivity contribution is -0.385. The fraction of sp³-hybridized carbons (Fsp3) is 0.417. The Labute approximate surface area is 183 Å². The molecule has 0 bridgehead atoms. The van der Waals surface area contributed by atoms with Crippen molar-refractivity contribution in [2.75, 3.05) is 0 Å². The number of nitrogens with one attached hydrogen (secondary N) is 1. The fourth-order valence-electron chi connectivity index (χ4n) is 3.47. The van der Waals surface area contributed by atoms with E-state index >= 15 is 0 Å². The van der Waals surface area contributed by atoms with Crippen LogP contribution >= 0.6 is 0 Å². The Morgan fingerprint density at radius 1 is 1.10 bits per heavy atom. The highest BCUT2D eigenvalue weighted by Gasteiger charge is 2.30. The molecule has 7 nitrogen and oxygen atoms in total. The zero-order valence-electron chi connectivity index (χ0n) is 18.6. The molecule has 0 spiro atoms. The molecule has 2 amide bonds. The molecule has 0 radical (unpaired) electrons. The minimum atomic E-state index is -0.662. The number of benzene rings is 2. The van der Waals surface area contributed by atoms with E-state index in [1.165, 1.54) is 6.07 Å². The first-order valence-electron chi connectivity index (χ1n) is 10.6. The molecule has 0 fully saturated rings. The van der Waals surface area contributed by atoms with Crippen LogP contribution in [-0.4, -0.2) is 33.7 Å². The van der Waals surface area contributed by atoms with Gasteiger partial charge in [-0.2, -0.15) is 0 Å². The summed E-state index contributed by atoms with van der Waals surface area (Å²) in [6.45, 7) is 7.99. The molecule has 0 aromatic heterocycles. The largest absolute Gasteiger partial charge is 0.352 e. The standard InChI is InChI=1S/C24H31N3O4/c1-5-18(4)25-24(29)21(6-2)26(16-19-11-9-10-17(3)14-19)23(28)15-20-12-7-8-13-22(20)27(30)31/h7-14,18,21H,5-6,15-16H2,1-4H3,(H,25,29)/t18-,21-/m0/s1. The van der Waals surface area contributed by atoms with Crippen LogP contribution in [0.3, 0.4) is 0 Å². The van der Waals surface area contributed by atoms with Crippen LogP contribution in [0.5, 0.6) is 0 Å². The van der Waals surface area contributed by atoms with E-state index in [0.29, 0.717) is 12.0 Å². The van der Waals surface area contributed by atoms with Gasteiger partial charge in [-0.3, -0.25) is 19.7 Å². The van der Waals surface area contributed by atoms with E-state index in [0.717, 1.165) is 17.5 Å². The van der Waals surface area contributed by atoms with Crippen molar-refractivity contribution in [3.63, 3.8) is 0 Å². The van der Waals surface area contributed by atoms with Crippen LogP contribution < -0.4 is 5.32 Å². The topological polar surface area (TPSA) is 92.6 Å². The monoisotopic (exact) mass is 425 g/mol. The number of hydrogen-bond acceptors (Lipinski definition) is 4. The van der Waals surface area contributed by atoms with E-state index in [9.17, 15) is 19.7 Å². The Kier molecular flexibility index (Phi) is 8.73. The predicted octanol–water partition coefficient (Wildman–Crippen LogP) is 4.17. The van der Waals surface area contributed by atoms with Gasteiger partial charge < -0.3 is 10.2 Å². The van der Waals surface area contributed by atoms with Crippen molar-refractivity contribution in [1.29, 1.82) is 0 Å². The molecular formula is C24H31N3O4. The van der Waals surface area contributed by atoms with Crippen molar-refractivity contribution in [2.24, 2.45) is 0 Å². The Hall–Kier alpha value is -3.22. The van der Waals surface area contributed by atoms with Gasteiger partial charge in [-0.15, -0.1) is 0 Å². The molecule has 7 heteroatoms. The maximum Gasteiger partial charge on any atom is 0.273 e. The molecule has 31 heavy (non-hydrogen) atoms. The number of nitro benzene ring substituents is 1. The normalized spacial score (nSPS) is 12.6. The molecule has 2 aromatic rings. The third-order valence-electron chi connectivity index (χ3n) is 5.35. The molecule has 1 N–H and O–H groups in total. The summed E-state index contributed by atoms with van der Waals surface area (Å²) in [5.41, 5.74) is 2.21. The summed E-state index contributed by atoms with van der Waals surface area (Å²) in [6, 6.07) is 13.3. The number of aryl methyl sites for hydroxylation is 1.